The van der Waals surface area contributed by atoms with E-state index in [0.29, 0.717) is 23.1 Å². The van der Waals surface area contributed by atoms with Gasteiger partial charge in [-0.25, -0.2) is 0 Å². The van der Waals surface area contributed by atoms with E-state index in [1.807, 2.05) is 30.3 Å². The number of rotatable bonds is 3. The van der Waals surface area contributed by atoms with E-state index < -0.39 is 5.76 Å². The molecule has 0 aliphatic heterocycles. The van der Waals surface area contributed by atoms with Crippen molar-refractivity contribution in [1.82, 2.24) is 0 Å². The molecule has 2 aromatic carbocycles. The minimum atomic E-state index is -2.40. The van der Waals surface area contributed by atoms with Crippen molar-refractivity contribution in [2.24, 2.45) is 0 Å². The molecule has 0 N–H and O–H groups in total. The van der Waals surface area contributed by atoms with Crippen molar-refractivity contribution in [3.63, 3.8) is 0 Å². The molecule has 0 saturated heterocycles. The van der Waals surface area contributed by atoms with E-state index in [1.165, 1.54) is 0 Å². The molecular formula is C16H12F2OS. The van der Waals surface area contributed by atoms with Gasteiger partial charge >= 0.3 is 0 Å². The normalized spacial score (nSPS) is 13.8. The number of carbonyl (C=O) groups is 1. The maximum Gasteiger partial charge on any atom is 0.288 e. The lowest BCUT2D eigenvalue weighted by molar-refractivity contribution is 0.0994. The van der Waals surface area contributed by atoms with E-state index in [9.17, 15) is 13.6 Å². The summed E-state index contributed by atoms with van der Waals surface area (Å²) < 4.78 is 24.6. The number of hydrogen-bond acceptors (Lipinski definition) is 2. The minimum absolute atomic E-state index is 0.187. The fraction of sp³-hybridized carbons (Fsp3) is 0.188. The molecule has 0 atom stereocenters. The third kappa shape index (κ3) is 2.48. The third-order valence-electron chi connectivity index (χ3n) is 3.47. The molecule has 1 aliphatic carbocycles. The first-order chi connectivity index (χ1) is 9.65. The lowest BCUT2D eigenvalue weighted by Gasteiger charge is -2.08. The molecule has 0 amide bonds. The van der Waals surface area contributed by atoms with Gasteiger partial charge in [0.1, 0.15) is 0 Å². The Morgan fingerprint density at radius 2 is 1.65 bits per heavy atom. The summed E-state index contributed by atoms with van der Waals surface area (Å²) in [5.74, 6) is -2.22. The molecule has 3 rings (SSSR count). The summed E-state index contributed by atoms with van der Waals surface area (Å²) in [4.78, 5) is 12.3. The van der Waals surface area contributed by atoms with Crippen molar-refractivity contribution in [2.45, 2.75) is 23.5 Å². The van der Waals surface area contributed by atoms with Crippen LogP contribution in [-0.4, -0.2) is 11.5 Å². The number of Topliss-reactive ketones (excluding diaryl/α,β-unsaturated/α-hetero) is 1. The highest BCUT2D eigenvalue weighted by Gasteiger charge is 2.22. The number of carbonyl (C=O) groups excluding carboxylic acids is 1. The van der Waals surface area contributed by atoms with E-state index in [4.69, 9.17) is 0 Å². The van der Waals surface area contributed by atoms with Crippen LogP contribution >= 0.6 is 11.8 Å². The van der Waals surface area contributed by atoms with Crippen LogP contribution in [-0.2, 0) is 6.42 Å². The van der Waals surface area contributed by atoms with Crippen molar-refractivity contribution < 1.29 is 13.6 Å². The van der Waals surface area contributed by atoms with Gasteiger partial charge in [-0.1, -0.05) is 42.1 Å². The first kappa shape index (κ1) is 13.3. The first-order valence-electron chi connectivity index (χ1n) is 6.35. The quantitative estimate of drug-likeness (QED) is 0.755. The molecule has 0 bridgehead atoms. The van der Waals surface area contributed by atoms with Gasteiger partial charge in [0.15, 0.2) is 5.78 Å². The number of ketones is 1. The fourth-order valence-corrected chi connectivity index (χ4v) is 3.08. The molecule has 1 nitrogen and oxygen atoms in total. The summed E-state index contributed by atoms with van der Waals surface area (Å²) in [5.41, 5.74) is 3.87. The van der Waals surface area contributed by atoms with Crippen molar-refractivity contribution in [3.8, 4) is 11.1 Å². The number of hydrogen-bond donors (Lipinski definition) is 0. The van der Waals surface area contributed by atoms with Crippen LogP contribution in [0.1, 0.15) is 22.3 Å². The van der Waals surface area contributed by atoms with Crippen molar-refractivity contribution in [2.75, 3.05) is 0 Å². The van der Waals surface area contributed by atoms with Crippen molar-refractivity contribution in [3.05, 3.63) is 53.6 Å². The van der Waals surface area contributed by atoms with Gasteiger partial charge in [-0.05, 0) is 35.2 Å². The molecule has 2 aromatic rings. The van der Waals surface area contributed by atoms with Crippen LogP contribution < -0.4 is 0 Å². The van der Waals surface area contributed by atoms with Gasteiger partial charge < -0.3 is 0 Å². The standard InChI is InChI=1S/C16H12F2OS/c17-16(18)20-11-6-4-10(5-7-11)12-2-1-3-14-13(12)8-9-15(14)19/h1-7,16H,8-9H2. The van der Waals surface area contributed by atoms with Gasteiger partial charge in [-0.3, -0.25) is 4.79 Å². The van der Waals surface area contributed by atoms with E-state index in [0.717, 1.165) is 28.7 Å². The summed E-state index contributed by atoms with van der Waals surface area (Å²) >= 11 is 0.541. The maximum absolute atomic E-state index is 12.3. The third-order valence-corrected chi connectivity index (χ3v) is 4.19. The average Bonchev–Trinajstić information content (AvgIpc) is 2.81. The second-order valence-corrected chi connectivity index (χ2v) is 5.72. The Balaban J connectivity index is 1.96. The molecule has 0 radical (unpaired) electrons. The summed E-state index contributed by atoms with van der Waals surface area (Å²) in [6, 6.07) is 12.8. The summed E-state index contributed by atoms with van der Waals surface area (Å²) in [7, 11) is 0. The zero-order chi connectivity index (χ0) is 14.1. The van der Waals surface area contributed by atoms with Crippen LogP contribution in [0.3, 0.4) is 0 Å². The zero-order valence-electron chi connectivity index (χ0n) is 10.6. The molecule has 0 spiro atoms. The molecule has 1 aliphatic rings. The number of thioether (sulfide) groups is 1. The van der Waals surface area contributed by atoms with E-state index in [1.54, 1.807) is 12.1 Å². The van der Waals surface area contributed by atoms with Gasteiger partial charge in [0, 0.05) is 16.9 Å². The lowest BCUT2D eigenvalue weighted by atomic mass is 9.97. The molecule has 0 saturated carbocycles. The lowest BCUT2D eigenvalue weighted by Crippen LogP contribution is -1.92. The molecule has 0 heterocycles. The molecule has 0 unspecified atom stereocenters. The minimum Gasteiger partial charge on any atom is -0.294 e. The molecule has 0 fully saturated rings. The topological polar surface area (TPSA) is 17.1 Å². The Labute approximate surface area is 120 Å². The molecule has 20 heavy (non-hydrogen) atoms. The smallest absolute Gasteiger partial charge is 0.288 e. The first-order valence-corrected chi connectivity index (χ1v) is 7.23. The molecule has 4 heteroatoms. The van der Waals surface area contributed by atoms with Crippen LogP contribution in [0.25, 0.3) is 11.1 Å². The second kappa shape index (κ2) is 5.37. The maximum atomic E-state index is 12.3. The molecular weight excluding hydrogens is 278 g/mol. The van der Waals surface area contributed by atoms with Gasteiger partial charge in [-0.2, -0.15) is 8.78 Å². The van der Waals surface area contributed by atoms with Crippen LogP contribution in [0.2, 0.25) is 0 Å². The average molecular weight is 290 g/mol. The zero-order valence-corrected chi connectivity index (χ0v) is 11.4. The molecule has 102 valence electrons. The van der Waals surface area contributed by atoms with Gasteiger partial charge in [0.05, 0.1) is 0 Å². The van der Waals surface area contributed by atoms with Gasteiger partial charge in [0.2, 0.25) is 0 Å². The Kier molecular flexibility index (Phi) is 3.57. The van der Waals surface area contributed by atoms with Crippen LogP contribution in [0, 0.1) is 0 Å². The van der Waals surface area contributed by atoms with Gasteiger partial charge in [-0.15, -0.1) is 0 Å². The summed E-state index contributed by atoms with van der Waals surface area (Å²) in [6.45, 7) is 0. The number of fused-ring (bicyclic) bond motifs is 1. The van der Waals surface area contributed by atoms with Crippen molar-refractivity contribution in [1.29, 1.82) is 0 Å². The van der Waals surface area contributed by atoms with E-state index >= 15 is 0 Å². The second-order valence-electron chi connectivity index (χ2n) is 4.66. The number of benzene rings is 2. The van der Waals surface area contributed by atoms with Crippen molar-refractivity contribution >= 4 is 17.5 Å². The number of halogens is 2. The molecule has 0 aromatic heterocycles. The highest BCUT2D eigenvalue weighted by molar-refractivity contribution is 7.99. The van der Waals surface area contributed by atoms with Gasteiger partial charge in [0.25, 0.3) is 5.76 Å². The number of alkyl halides is 2. The highest BCUT2D eigenvalue weighted by Crippen LogP contribution is 2.34. The van der Waals surface area contributed by atoms with Crippen LogP contribution in [0.4, 0.5) is 8.78 Å². The Morgan fingerprint density at radius 1 is 0.950 bits per heavy atom. The fourth-order valence-electron chi connectivity index (χ4n) is 2.58. The summed E-state index contributed by atoms with van der Waals surface area (Å²) in [5, 5.41) is 0. The van der Waals surface area contributed by atoms with E-state index in [-0.39, 0.29) is 5.78 Å². The monoisotopic (exact) mass is 290 g/mol. The SMILES string of the molecule is O=C1CCc2c1cccc2-c1ccc(SC(F)F)cc1. The predicted molar refractivity (Wildman–Crippen MR) is 76.4 cm³/mol. The Morgan fingerprint density at radius 3 is 2.35 bits per heavy atom. The van der Waals surface area contributed by atoms with E-state index in [2.05, 4.69) is 0 Å². The largest absolute Gasteiger partial charge is 0.294 e. The van der Waals surface area contributed by atoms with Crippen LogP contribution in [0.5, 0.6) is 0 Å². The highest BCUT2D eigenvalue weighted by atomic mass is 32.2. The Bertz CT molecular complexity index is 650. The predicted octanol–water partition coefficient (Wildman–Crippen LogP) is 4.80. The van der Waals surface area contributed by atoms with Crippen LogP contribution in [0.15, 0.2) is 47.4 Å². The Hall–Kier alpha value is -1.68. The summed E-state index contributed by atoms with van der Waals surface area (Å²) in [6.07, 6.45) is 1.32.